The number of hydrogen-bond donors (Lipinski definition) is 2. The van der Waals surface area contributed by atoms with Crippen LogP contribution in [0.4, 0.5) is 0 Å². The number of carboxylic acid groups (broad SMARTS) is 1. The molecule has 1 aliphatic rings. The van der Waals surface area contributed by atoms with Gasteiger partial charge in [-0.2, -0.15) is 0 Å². The number of rotatable bonds is 8. The van der Waals surface area contributed by atoms with Crippen LogP contribution < -0.4 is 5.32 Å². The van der Waals surface area contributed by atoms with Crippen LogP contribution in [0.1, 0.15) is 29.9 Å². The lowest BCUT2D eigenvalue weighted by Crippen LogP contribution is -2.37. The van der Waals surface area contributed by atoms with Crippen molar-refractivity contribution in [3.8, 4) is 0 Å². The van der Waals surface area contributed by atoms with Crippen LogP contribution in [0.2, 0.25) is 0 Å². The summed E-state index contributed by atoms with van der Waals surface area (Å²) in [5, 5.41) is 12.4. The minimum atomic E-state index is -0.883. The molecule has 0 heterocycles. The van der Waals surface area contributed by atoms with Crippen molar-refractivity contribution in [3.63, 3.8) is 0 Å². The van der Waals surface area contributed by atoms with Crippen LogP contribution in [0.3, 0.4) is 0 Å². The molecule has 1 saturated carbocycles. The number of carbonyl (C=O) groups is 2. The van der Waals surface area contributed by atoms with E-state index in [9.17, 15) is 14.7 Å². The molecule has 2 atom stereocenters. The first-order chi connectivity index (χ1) is 12.1. The summed E-state index contributed by atoms with van der Waals surface area (Å²) in [4.78, 5) is 24.3. The number of aliphatic carboxylic acids is 1. The predicted octanol–water partition coefficient (Wildman–Crippen LogP) is 3.24. The van der Waals surface area contributed by atoms with Crippen molar-refractivity contribution >= 4 is 11.9 Å². The number of amides is 1. The molecule has 4 heteroatoms. The Morgan fingerprint density at radius 3 is 2.16 bits per heavy atom. The molecule has 0 spiro atoms. The van der Waals surface area contributed by atoms with E-state index < -0.39 is 11.9 Å². The minimum Gasteiger partial charge on any atom is -0.481 e. The third-order valence-corrected chi connectivity index (χ3v) is 4.73. The SMILES string of the molecule is O=C(O)C(CNC(=O)C(c1ccccc1)C1CC1)Cc1ccccc1. The Labute approximate surface area is 147 Å². The Morgan fingerprint density at radius 1 is 1.00 bits per heavy atom. The molecule has 1 aliphatic carbocycles. The first-order valence-corrected chi connectivity index (χ1v) is 8.74. The maximum absolute atomic E-state index is 12.7. The van der Waals surface area contributed by atoms with Crippen LogP contribution >= 0.6 is 0 Å². The van der Waals surface area contributed by atoms with E-state index in [-0.39, 0.29) is 18.4 Å². The van der Waals surface area contributed by atoms with Gasteiger partial charge in [-0.1, -0.05) is 60.7 Å². The number of carbonyl (C=O) groups excluding carboxylic acids is 1. The average Bonchev–Trinajstić information content (AvgIpc) is 3.45. The van der Waals surface area contributed by atoms with Gasteiger partial charge < -0.3 is 10.4 Å². The van der Waals surface area contributed by atoms with Gasteiger partial charge in [0.1, 0.15) is 0 Å². The summed E-state index contributed by atoms with van der Waals surface area (Å²) in [6, 6.07) is 19.3. The second kappa shape index (κ2) is 7.97. The van der Waals surface area contributed by atoms with E-state index in [2.05, 4.69) is 5.32 Å². The van der Waals surface area contributed by atoms with Gasteiger partial charge in [-0.25, -0.2) is 0 Å². The van der Waals surface area contributed by atoms with Crippen LogP contribution in [-0.2, 0) is 16.0 Å². The molecule has 0 bridgehead atoms. The fourth-order valence-corrected chi connectivity index (χ4v) is 3.21. The predicted molar refractivity (Wildman–Crippen MR) is 96.2 cm³/mol. The van der Waals surface area contributed by atoms with E-state index in [1.54, 1.807) is 0 Å². The maximum Gasteiger partial charge on any atom is 0.308 e. The zero-order valence-corrected chi connectivity index (χ0v) is 14.1. The highest BCUT2D eigenvalue weighted by molar-refractivity contribution is 5.85. The molecule has 0 saturated heterocycles. The summed E-state index contributed by atoms with van der Waals surface area (Å²) in [6.45, 7) is 0.152. The van der Waals surface area contributed by atoms with Crippen LogP contribution in [0.25, 0.3) is 0 Å². The fraction of sp³-hybridized carbons (Fsp3) is 0.333. The Hall–Kier alpha value is -2.62. The van der Waals surface area contributed by atoms with Crippen molar-refractivity contribution in [2.75, 3.05) is 6.54 Å². The molecule has 4 nitrogen and oxygen atoms in total. The minimum absolute atomic E-state index is 0.0620. The molecule has 2 unspecified atom stereocenters. The zero-order valence-electron chi connectivity index (χ0n) is 14.1. The summed E-state index contributed by atoms with van der Waals surface area (Å²) in [7, 11) is 0. The second-order valence-electron chi connectivity index (χ2n) is 6.70. The molecular formula is C21H23NO3. The van der Waals surface area contributed by atoms with E-state index in [1.807, 2.05) is 60.7 Å². The van der Waals surface area contributed by atoms with Gasteiger partial charge in [-0.3, -0.25) is 9.59 Å². The van der Waals surface area contributed by atoms with Gasteiger partial charge in [0, 0.05) is 6.54 Å². The normalized spacial score (nSPS) is 16.0. The van der Waals surface area contributed by atoms with Gasteiger partial charge in [0.05, 0.1) is 11.8 Å². The van der Waals surface area contributed by atoms with Gasteiger partial charge in [-0.05, 0) is 36.3 Å². The van der Waals surface area contributed by atoms with E-state index in [4.69, 9.17) is 0 Å². The highest BCUT2D eigenvalue weighted by atomic mass is 16.4. The van der Waals surface area contributed by atoms with E-state index in [1.165, 1.54) is 0 Å². The quantitative estimate of drug-likeness (QED) is 0.777. The largest absolute Gasteiger partial charge is 0.481 e. The summed E-state index contributed by atoms with van der Waals surface area (Å²) < 4.78 is 0. The van der Waals surface area contributed by atoms with Gasteiger partial charge >= 0.3 is 5.97 Å². The van der Waals surface area contributed by atoms with Crippen molar-refractivity contribution in [2.45, 2.75) is 25.2 Å². The Bertz CT molecular complexity index is 710. The van der Waals surface area contributed by atoms with Gasteiger partial charge in [0.15, 0.2) is 0 Å². The Morgan fingerprint density at radius 2 is 1.60 bits per heavy atom. The smallest absolute Gasteiger partial charge is 0.308 e. The van der Waals surface area contributed by atoms with Gasteiger partial charge in [0.25, 0.3) is 0 Å². The van der Waals surface area contributed by atoms with Crippen LogP contribution in [-0.4, -0.2) is 23.5 Å². The van der Waals surface area contributed by atoms with Crippen LogP contribution in [0.15, 0.2) is 60.7 Å². The molecule has 0 aliphatic heterocycles. The second-order valence-corrected chi connectivity index (χ2v) is 6.70. The summed E-state index contributed by atoms with van der Waals surface area (Å²) in [5.74, 6) is -1.37. The molecule has 25 heavy (non-hydrogen) atoms. The summed E-state index contributed by atoms with van der Waals surface area (Å²) >= 11 is 0. The lowest BCUT2D eigenvalue weighted by molar-refractivity contribution is -0.141. The Balaban J connectivity index is 1.63. The highest BCUT2D eigenvalue weighted by Crippen LogP contribution is 2.42. The number of carboxylic acids is 1. The van der Waals surface area contributed by atoms with Crippen molar-refractivity contribution < 1.29 is 14.7 Å². The van der Waals surface area contributed by atoms with Gasteiger partial charge in [-0.15, -0.1) is 0 Å². The van der Waals surface area contributed by atoms with Crippen molar-refractivity contribution in [3.05, 3.63) is 71.8 Å². The van der Waals surface area contributed by atoms with Crippen molar-refractivity contribution in [2.24, 2.45) is 11.8 Å². The van der Waals surface area contributed by atoms with Crippen LogP contribution in [0, 0.1) is 11.8 Å². The Kier molecular flexibility index (Phi) is 5.49. The lowest BCUT2D eigenvalue weighted by Gasteiger charge is -2.19. The average molecular weight is 337 g/mol. The summed E-state index contributed by atoms with van der Waals surface area (Å²) in [6.07, 6.45) is 2.52. The number of benzene rings is 2. The lowest BCUT2D eigenvalue weighted by atomic mass is 9.92. The van der Waals surface area contributed by atoms with E-state index in [0.717, 1.165) is 24.0 Å². The zero-order chi connectivity index (χ0) is 17.6. The molecule has 2 aromatic rings. The third kappa shape index (κ3) is 4.69. The number of nitrogens with one attached hydrogen (secondary N) is 1. The fourth-order valence-electron chi connectivity index (χ4n) is 3.21. The van der Waals surface area contributed by atoms with Crippen LogP contribution in [0.5, 0.6) is 0 Å². The molecule has 2 aromatic carbocycles. The topological polar surface area (TPSA) is 66.4 Å². The molecule has 3 rings (SSSR count). The monoisotopic (exact) mass is 337 g/mol. The standard InChI is InChI=1S/C21H23NO3/c23-20(19(17-11-12-17)16-9-5-2-6-10-16)22-14-18(21(24)25)13-15-7-3-1-4-8-15/h1-10,17-19H,11-14H2,(H,22,23)(H,24,25). The molecule has 1 fully saturated rings. The number of hydrogen-bond acceptors (Lipinski definition) is 2. The molecule has 0 radical (unpaired) electrons. The van der Waals surface area contributed by atoms with Gasteiger partial charge in [0.2, 0.25) is 5.91 Å². The molecule has 0 aromatic heterocycles. The maximum atomic E-state index is 12.7. The first-order valence-electron chi connectivity index (χ1n) is 8.74. The van der Waals surface area contributed by atoms with E-state index >= 15 is 0 Å². The van der Waals surface area contributed by atoms with E-state index in [0.29, 0.717) is 12.3 Å². The molecule has 130 valence electrons. The third-order valence-electron chi connectivity index (χ3n) is 4.73. The van der Waals surface area contributed by atoms with Crippen molar-refractivity contribution in [1.82, 2.24) is 5.32 Å². The molecule has 1 amide bonds. The first kappa shape index (κ1) is 17.2. The highest BCUT2D eigenvalue weighted by Gasteiger charge is 2.37. The molecule has 2 N–H and O–H groups in total. The van der Waals surface area contributed by atoms with Crippen molar-refractivity contribution in [1.29, 1.82) is 0 Å². The summed E-state index contributed by atoms with van der Waals surface area (Å²) in [5.41, 5.74) is 1.98. The molecular weight excluding hydrogens is 314 g/mol.